The summed E-state index contributed by atoms with van der Waals surface area (Å²) < 4.78 is 2.32. The molecule has 19 heavy (non-hydrogen) atoms. The van der Waals surface area contributed by atoms with Crippen molar-refractivity contribution in [2.75, 3.05) is 0 Å². The van der Waals surface area contributed by atoms with Crippen LogP contribution in [0.3, 0.4) is 0 Å². The summed E-state index contributed by atoms with van der Waals surface area (Å²) in [6, 6.07) is 10.9. The molecule has 0 bridgehead atoms. The Morgan fingerprint density at radius 1 is 1.32 bits per heavy atom. The van der Waals surface area contributed by atoms with E-state index in [1.165, 1.54) is 18.9 Å². The molecule has 0 saturated carbocycles. The van der Waals surface area contributed by atoms with Gasteiger partial charge in [-0.05, 0) is 64.9 Å². The normalized spacial score (nSPS) is 12.6. The fourth-order valence-corrected chi connectivity index (χ4v) is 4.01. The number of aryl methyl sites for hydroxylation is 1. The zero-order valence-corrected chi connectivity index (χ0v) is 15.2. The van der Waals surface area contributed by atoms with Crippen LogP contribution in [0.5, 0.6) is 0 Å². The molecule has 0 aliphatic carbocycles. The Bertz CT molecular complexity index is 556. The molecule has 2 aromatic rings. The minimum absolute atomic E-state index is 0.132. The Kier molecular flexibility index (Phi) is 5.83. The monoisotopic (exact) mass is 450 g/mol. The smallest absolute Gasteiger partial charge is 0.0519 e. The summed E-state index contributed by atoms with van der Waals surface area (Å²) in [6.07, 6.45) is 2.01. The van der Waals surface area contributed by atoms with Crippen molar-refractivity contribution in [3.05, 3.63) is 53.7 Å². The average molecular weight is 451 g/mol. The van der Waals surface area contributed by atoms with E-state index in [2.05, 4.69) is 81.2 Å². The third-order valence-electron chi connectivity index (χ3n) is 3.01. The molecule has 1 heterocycles. The second-order valence-corrected chi connectivity index (χ2v) is 7.66. The third-order valence-corrected chi connectivity index (χ3v) is 5.65. The van der Waals surface area contributed by atoms with E-state index in [9.17, 15) is 0 Å². The molecule has 0 fully saturated rings. The molecular weight excluding hydrogens is 435 g/mol. The Morgan fingerprint density at radius 2 is 2.05 bits per heavy atom. The van der Waals surface area contributed by atoms with Gasteiger partial charge in [0.05, 0.1) is 6.04 Å². The van der Waals surface area contributed by atoms with Gasteiger partial charge in [0.1, 0.15) is 0 Å². The maximum absolute atomic E-state index is 5.74. The second-order valence-electron chi connectivity index (χ2n) is 4.31. The van der Waals surface area contributed by atoms with E-state index < -0.39 is 0 Å². The number of hydrogen-bond acceptors (Lipinski definition) is 3. The maximum atomic E-state index is 5.74. The molecule has 1 unspecified atom stereocenters. The topological polar surface area (TPSA) is 38.0 Å². The van der Waals surface area contributed by atoms with Gasteiger partial charge in [-0.2, -0.15) is 0 Å². The van der Waals surface area contributed by atoms with E-state index in [0.29, 0.717) is 0 Å². The van der Waals surface area contributed by atoms with Gasteiger partial charge >= 0.3 is 0 Å². The van der Waals surface area contributed by atoms with E-state index >= 15 is 0 Å². The van der Waals surface area contributed by atoms with Crippen molar-refractivity contribution in [1.82, 2.24) is 5.43 Å². The zero-order chi connectivity index (χ0) is 13.8. The molecule has 0 amide bonds. The Hall–Kier alpha value is 0.0500. The molecule has 5 heteroatoms. The molecular formula is C14H16BrIN2S. The largest absolute Gasteiger partial charge is 0.271 e. The number of benzene rings is 1. The summed E-state index contributed by atoms with van der Waals surface area (Å²) in [5.74, 6) is 5.74. The molecule has 0 saturated heterocycles. The van der Waals surface area contributed by atoms with Crippen LogP contribution in [0.25, 0.3) is 0 Å². The van der Waals surface area contributed by atoms with E-state index in [4.69, 9.17) is 5.84 Å². The van der Waals surface area contributed by atoms with E-state index in [1.807, 2.05) is 11.3 Å². The molecule has 1 aromatic carbocycles. The van der Waals surface area contributed by atoms with Crippen LogP contribution in [-0.4, -0.2) is 0 Å². The van der Waals surface area contributed by atoms with E-state index in [-0.39, 0.29) is 6.04 Å². The molecule has 1 aromatic heterocycles. The third kappa shape index (κ3) is 4.01. The lowest BCUT2D eigenvalue weighted by Crippen LogP contribution is -2.29. The van der Waals surface area contributed by atoms with Crippen LogP contribution in [0.1, 0.15) is 28.3 Å². The average Bonchev–Trinajstić information content (AvgIpc) is 2.87. The summed E-state index contributed by atoms with van der Waals surface area (Å²) >= 11 is 7.80. The highest BCUT2D eigenvalue weighted by atomic mass is 127. The summed E-state index contributed by atoms with van der Waals surface area (Å²) in [5, 5.41) is 0. The second kappa shape index (κ2) is 7.17. The summed E-state index contributed by atoms with van der Waals surface area (Å²) in [5.41, 5.74) is 4.14. The minimum atomic E-state index is 0.132. The highest BCUT2D eigenvalue weighted by Crippen LogP contribution is 2.29. The molecule has 2 rings (SSSR count). The number of nitrogens with one attached hydrogen (secondary N) is 1. The van der Waals surface area contributed by atoms with Gasteiger partial charge in [0.15, 0.2) is 0 Å². The fourth-order valence-electron chi connectivity index (χ4n) is 1.96. The van der Waals surface area contributed by atoms with Crippen LogP contribution >= 0.6 is 49.9 Å². The molecule has 3 N–H and O–H groups in total. The highest BCUT2D eigenvalue weighted by molar-refractivity contribution is 14.1. The number of hydrazine groups is 1. The molecule has 0 radical (unpaired) electrons. The first kappa shape index (κ1) is 15.4. The molecule has 0 spiro atoms. The van der Waals surface area contributed by atoms with Crippen LogP contribution in [0.15, 0.2) is 34.8 Å². The van der Waals surface area contributed by atoms with Gasteiger partial charge in [-0.1, -0.05) is 22.9 Å². The number of nitrogens with two attached hydrogens (primary N) is 1. The minimum Gasteiger partial charge on any atom is -0.271 e. The van der Waals surface area contributed by atoms with Crippen molar-refractivity contribution in [3.8, 4) is 0 Å². The van der Waals surface area contributed by atoms with Crippen molar-refractivity contribution in [2.45, 2.75) is 25.8 Å². The molecule has 102 valence electrons. The first-order valence-electron chi connectivity index (χ1n) is 6.12. The first-order valence-corrected chi connectivity index (χ1v) is 8.81. The summed E-state index contributed by atoms with van der Waals surface area (Å²) in [4.78, 5) is 2.79. The summed E-state index contributed by atoms with van der Waals surface area (Å²) in [7, 11) is 0. The van der Waals surface area contributed by atoms with Crippen molar-refractivity contribution in [1.29, 1.82) is 0 Å². The molecule has 0 aliphatic heterocycles. The van der Waals surface area contributed by atoms with Gasteiger partial charge in [-0.25, -0.2) is 0 Å². The van der Waals surface area contributed by atoms with E-state index in [0.717, 1.165) is 17.3 Å². The lowest BCUT2D eigenvalue weighted by atomic mass is 10.0. The number of rotatable bonds is 5. The van der Waals surface area contributed by atoms with Crippen molar-refractivity contribution in [2.24, 2.45) is 5.84 Å². The number of thiophene rings is 1. The first-order chi connectivity index (χ1) is 9.13. The standard InChI is InChI=1S/C14H16BrIN2S/c1-2-10-4-5-11(19-10)8-14(18-17)12-7-9(16)3-6-13(12)15/h3-7,14,18H,2,8,17H2,1H3. The maximum Gasteiger partial charge on any atom is 0.0519 e. The van der Waals surface area contributed by atoms with Crippen LogP contribution < -0.4 is 11.3 Å². The molecule has 2 nitrogen and oxygen atoms in total. The van der Waals surface area contributed by atoms with E-state index in [1.54, 1.807) is 0 Å². The lowest BCUT2D eigenvalue weighted by Gasteiger charge is -2.17. The number of halogens is 2. The van der Waals surface area contributed by atoms with Crippen molar-refractivity contribution < 1.29 is 0 Å². The van der Waals surface area contributed by atoms with Crippen LogP contribution in [0, 0.1) is 3.57 Å². The van der Waals surface area contributed by atoms with Crippen molar-refractivity contribution >= 4 is 49.9 Å². The predicted molar refractivity (Wildman–Crippen MR) is 94.3 cm³/mol. The zero-order valence-electron chi connectivity index (χ0n) is 10.6. The highest BCUT2D eigenvalue weighted by Gasteiger charge is 2.15. The lowest BCUT2D eigenvalue weighted by molar-refractivity contribution is 0.553. The Labute approximate surface area is 140 Å². The number of hydrogen-bond donors (Lipinski definition) is 2. The van der Waals surface area contributed by atoms with Gasteiger partial charge < -0.3 is 0 Å². The van der Waals surface area contributed by atoms with Crippen LogP contribution in [-0.2, 0) is 12.8 Å². The van der Waals surface area contributed by atoms with Crippen LogP contribution in [0.2, 0.25) is 0 Å². The van der Waals surface area contributed by atoms with Gasteiger partial charge in [0.25, 0.3) is 0 Å². The molecule has 0 aliphatic rings. The fraction of sp³-hybridized carbons (Fsp3) is 0.286. The van der Waals surface area contributed by atoms with Gasteiger partial charge in [-0.3, -0.25) is 11.3 Å². The summed E-state index contributed by atoms with van der Waals surface area (Å²) in [6.45, 7) is 2.18. The predicted octanol–water partition coefficient (Wildman–Crippen LogP) is 4.42. The van der Waals surface area contributed by atoms with Gasteiger partial charge in [0.2, 0.25) is 0 Å². The SMILES string of the molecule is CCc1ccc(CC(NN)c2cc(I)ccc2Br)s1. The quantitative estimate of drug-likeness (QED) is 0.402. The Morgan fingerprint density at radius 3 is 2.68 bits per heavy atom. The van der Waals surface area contributed by atoms with Gasteiger partial charge in [-0.15, -0.1) is 11.3 Å². The Balaban J connectivity index is 2.22. The van der Waals surface area contributed by atoms with Crippen LogP contribution in [0.4, 0.5) is 0 Å². The van der Waals surface area contributed by atoms with Crippen molar-refractivity contribution in [3.63, 3.8) is 0 Å². The molecule has 1 atom stereocenters. The van der Waals surface area contributed by atoms with Gasteiger partial charge in [0, 0.05) is 24.2 Å².